The molecule has 1 aromatic rings. The van der Waals surface area contributed by atoms with E-state index in [0.29, 0.717) is 12.2 Å². The quantitative estimate of drug-likeness (QED) is 0.449. The maximum atomic E-state index is 11.5. The molecule has 1 rings (SSSR count). The van der Waals surface area contributed by atoms with Crippen molar-refractivity contribution in [3.05, 3.63) is 53.1 Å². The van der Waals surface area contributed by atoms with Crippen molar-refractivity contribution in [2.45, 2.75) is 20.8 Å². The Morgan fingerprint density at radius 1 is 1.24 bits per heavy atom. The molecule has 2 nitrogen and oxygen atoms in total. The summed E-state index contributed by atoms with van der Waals surface area (Å²) in [5, 5.41) is 0. The van der Waals surface area contributed by atoms with E-state index in [1.807, 2.05) is 49.4 Å². The molecule has 0 aliphatic carbocycles. The minimum Gasteiger partial charge on any atom is -0.463 e. The zero-order chi connectivity index (χ0) is 12.7. The normalized spacial score (nSPS) is 12.4. The van der Waals surface area contributed by atoms with Crippen LogP contribution in [0.15, 0.2) is 47.6 Å². The van der Waals surface area contributed by atoms with Gasteiger partial charge in [0.15, 0.2) is 0 Å². The van der Waals surface area contributed by atoms with Crippen LogP contribution in [0.5, 0.6) is 0 Å². The Hall–Kier alpha value is -1.83. The van der Waals surface area contributed by atoms with Crippen molar-refractivity contribution in [3.63, 3.8) is 0 Å². The predicted octanol–water partition coefficient (Wildman–Crippen LogP) is 3.60. The van der Waals surface area contributed by atoms with E-state index < -0.39 is 0 Å². The number of allylic oxidation sites excluding steroid dienone is 2. The monoisotopic (exact) mass is 230 g/mol. The largest absolute Gasteiger partial charge is 0.463 e. The van der Waals surface area contributed by atoms with Crippen LogP contribution in [0, 0.1) is 0 Å². The van der Waals surface area contributed by atoms with Crippen LogP contribution in [-0.2, 0) is 9.53 Å². The molecule has 0 fully saturated rings. The van der Waals surface area contributed by atoms with Gasteiger partial charge in [-0.25, -0.2) is 4.79 Å². The summed E-state index contributed by atoms with van der Waals surface area (Å²) in [4.78, 5) is 11.5. The first-order valence-corrected chi connectivity index (χ1v) is 5.73. The SMILES string of the molecule is CCOC(=O)/C(C)=C(C)\C=C\c1ccccc1. The highest BCUT2D eigenvalue weighted by atomic mass is 16.5. The number of carbonyl (C=O) groups is 1. The Bertz CT molecular complexity index is 427. The van der Waals surface area contributed by atoms with Crippen LogP contribution in [0.2, 0.25) is 0 Å². The smallest absolute Gasteiger partial charge is 0.333 e. The Morgan fingerprint density at radius 2 is 1.88 bits per heavy atom. The summed E-state index contributed by atoms with van der Waals surface area (Å²) in [7, 11) is 0. The van der Waals surface area contributed by atoms with Gasteiger partial charge in [0.25, 0.3) is 0 Å². The van der Waals surface area contributed by atoms with Crippen molar-refractivity contribution < 1.29 is 9.53 Å². The summed E-state index contributed by atoms with van der Waals surface area (Å²) in [5.74, 6) is -0.247. The van der Waals surface area contributed by atoms with Crippen molar-refractivity contribution in [2.75, 3.05) is 6.61 Å². The molecule has 0 atom stereocenters. The second-order valence-corrected chi connectivity index (χ2v) is 3.77. The second-order valence-electron chi connectivity index (χ2n) is 3.77. The van der Waals surface area contributed by atoms with Crippen LogP contribution < -0.4 is 0 Å². The Labute approximate surface area is 103 Å². The average Bonchev–Trinajstić information content (AvgIpc) is 2.36. The van der Waals surface area contributed by atoms with Gasteiger partial charge in [-0.15, -0.1) is 0 Å². The minimum absolute atomic E-state index is 0.247. The molecule has 0 unspecified atom stereocenters. The number of carbonyl (C=O) groups excluding carboxylic acids is 1. The first-order valence-electron chi connectivity index (χ1n) is 5.73. The third-order valence-corrected chi connectivity index (χ3v) is 2.50. The summed E-state index contributed by atoms with van der Waals surface area (Å²) in [5.41, 5.74) is 2.69. The van der Waals surface area contributed by atoms with Crippen LogP contribution >= 0.6 is 0 Å². The molecule has 0 radical (unpaired) electrons. The molecule has 0 amide bonds. The van der Waals surface area contributed by atoms with Gasteiger partial charge < -0.3 is 4.74 Å². The summed E-state index contributed by atoms with van der Waals surface area (Å²) < 4.78 is 4.95. The molecule has 0 aliphatic rings. The highest BCUT2D eigenvalue weighted by Gasteiger charge is 2.06. The molecule has 1 aromatic carbocycles. The van der Waals surface area contributed by atoms with Gasteiger partial charge >= 0.3 is 5.97 Å². The average molecular weight is 230 g/mol. The molecule has 0 heterocycles. The topological polar surface area (TPSA) is 26.3 Å². The predicted molar refractivity (Wildman–Crippen MR) is 70.5 cm³/mol. The molecule has 0 saturated heterocycles. The Balaban J connectivity index is 2.77. The Morgan fingerprint density at radius 3 is 2.47 bits per heavy atom. The van der Waals surface area contributed by atoms with Crippen molar-refractivity contribution in [1.29, 1.82) is 0 Å². The van der Waals surface area contributed by atoms with E-state index in [4.69, 9.17) is 4.74 Å². The van der Waals surface area contributed by atoms with Crippen LogP contribution in [0.4, 0.5) is 0 Å². The van der Waals surface area contributed by atoms with Crippen molar-refractivity contribution in [2.24, 2.45) is 0 Å². The lowest BCUT2D eigenvalue weighted by atomic mass is 10.1. The van der Waals surface area contributed by atoms with Crippen LogP contribution in [0.1, 0.15) is 26.3 Å². The molecule has 0 N–H and O–H groups in total. The van der Waals surface area contributed by atoms with Crippen LogP contribution in [0.25, 0.3) is 6.08 Å². The number of ether oxygens (including phenoxy) is 1. The fourth-order valence-corrected chi connectivity index (χ4v) is 1.31. The van der Waals surface area contributed by atoms with Crippen molar-refractivity contribution >= 4 is 12.0 Å². The number of benzene rings is 1. The molecule has 0 bridgehead atoms. The maximum Gasteiger partial charge on any atom is 0.333 e. The number of hydrogen-bond acceptors (Lipinski definition) is 2. The van der Waals surface area contributed by atoms with E-state index in [2.05, 4.69) is 0 Å². The van der Waals surface area contributed by atoms with E-state index in [1.54, 1.807) is 13.8 Å². The van der Waals surface area contributed by atoms with E-state index in [9.17, 15) is 4.79 Å². The zero-order valence-electron chi connectivity index (χ0n) is 10.6. The molecule has 2 heteroatoms. The number of esters is 1. The third kappa shape index (κ3) is 4.27. The van der Waals surface area contributed by atoms with E-state index in [1.165, 1.54) is 0 Å². The summed E-state index contributed by atoms with van der Waals surface area (Å²) >= 11 is 0. The standard InChI is InChI=1S/C15H18O2/c1-4-17-15(16)13(3)12(2)10-11-14-8-6-5-7-9-14/h5-11H,4H2,1-3H3/b11-10+,13-12-. The first-order chi connectivity index (χ1) is 8.15. The van der Waals surface area contributed by atoms with Gasteiger partial charge in [0, 0.05) is 5.57 Å². The first kappa shape index (κ1) is 13.2. The van der Waals surface area contributed by atoms with E-state index in [-0.39, 0.29) is 5.97 Å². The van der Waals surface area contributed by atoms with E-state index in [0.717, 1.165) is 11.1 Å². The van der Waals surface area contributed by atoms with Crippen LogP contribution in [-0.4, -0.2) is 12.6 Å². The molecule has 17 heavy (non-hydrogen) atoms. The minimum atomic E-state index is -0.247. The Kier molecular flexibility index (Phi) is 5.21. The molecule has 0 aliphatic heterocycles. The van der Waals surface area contributed by atoms with Gasteiger partial charge in [-0.05, 0) is 31.9 Å². The van der Waals surface area contributed by atoms with Gasteiger partial charge in [0.1, 0.15) is 0 Å². The molecule has 90 valence electrons. The van der Waals surface area contributed by atoms with Crippen molar-refractivity contribution in [1.82, 2.24) is 0 Å². The third-order valence-electron chi connectivity index (χ3n) is 2.50. The summed E-state index contributed by atoms with van der Waals surface area (Å²) in [6.07, 6.45) is 3.92. The van der Waals surface area contributed by atoms with Crippen molar-refractivity contribution in [3.8, 4) is 0 Å². The van der Waals surface area contributed by atoms with E-state index >= 15 is 0 Å². The van der Waals surface area contributed by atoms with Gasteiger partial charge in [-0.3, -0.25) is 0 Å². The fraction of sp³-hybridized carbons (Fsp3) is 0.267. The highest BCUT2D eigenvalue weighted by Crippen LogP contribution is 2.10. The fourth-order valence-electron chi connectivity index (χ4n) is 1.31. The number of rotatable bonds is 4. The van der Waals surface area contributed by atoms with Gasteiger partial charge in [0.2, 0.25) is 0 Å². The molecular formula is C15H18O2. The second kappa shape index (κ2) is 6.69. The molecule has 0 saturated carbocycles. The van der Waals surface area contributed by atoms with Crippen LogP contribution in [0.3, 0.4) is 0 Å². The lowest BCUT2D eigenvalue weighted by Gasteiger charge is -2.03. The van der Waals surface area contributed by atoms with Gasteiger partial charge in [-0.2, -0.15) is 0 Å². The summed E-state index contributed by atoms with van der Waals surface area (Å²) in [6.45, 7) is 5.90. The molecule has 0 spiro atoms. The maximum absolute atomic E-state index is 11.5. The lowest BCUT2D eigenvalue weighted by molar-refractivity contribution is -0.138. The number of hydrogen-bond donors (Lipinski definition) is 0. The van der Waals surface area contributed by atoms with Gasteiger partial charge in [-0.1, -0.05) is 42.5 Å². The zero-order valence-corrected chi connectivity index (χ0v) is 10.6. The molecule has 0 aromatic heterocycles. The summed E-state index contributed by atoms with van der Waals surface area (Å²) in [6, 6.07) is 9.98. The van der Waals surface area contributed by atoms with Gasteiger partial charge in [0.05, 0.1) is 6.61 Å². The highest BCUT2D eigenvalue weighted by molar-refractivity contribution is 5.89. The lowest BCUT2D eigenvalue weighted by Crippen LogP contribution is -2.06. The molecular weight excluding hydrogens is 212 g/mol.